The van der Waals surface area contributed by atoms with Crippen molar-refractivity contribution in [2.24, 2.45) is 5.92 Å². The summed E-state index contributed by atoms with van der Waals surface area (Å²) < 4.78 is 24.5. The molecular weight excluding hydrogens is 373 g/mol. The lowest BCUT2D eigenvalue weighted by molar-refractivity contribution is -0.000937. The zero-order chi connectivity index (χ0) is 17.5. The average molecular weight is 399 g/mol. The minimum Gasteiger partial charge on any atom is -0.443 e. The van der Waals surface area contributed by atoms with Gasteiger partial charge in [-0.3, -0.25) is 0 Å². The van der Waals surface area contributed by atoms with Crippen LogP contribution < -0.4 is 0 Å². The number of hydrogen-bond acceptors (Lipinski definition) is 4. The van der Waals surface area contributed by atoms with Crippen LogP contribution in [0.25, 0.3) is 0 Å². The van der Waals surface area contributed by atoms with Crippen LogP contribution in [0.1, 0.15) is 50.7 Å². The van der Waals surface area contributed by atoms with Crippen LogP contribution in [0.2, 0.25) is 0 Å². The van der Waals surface area contributed by atoms with Gasteiger partial charge in [-0.05, 0) is 53.9 Å². The summed E-state index contributed by atoms with van der Waals surface area (Å²) in [5.74, 6) is -0.409. The lowest BCUT2D eigenvalue weighted by Crippen LogP contribution is -2.45. The lowest BCUT2D eigenvalue weighted by atomic mass is 10.2. The fraction of sp³-hybridized carbons (Fsp3) is 0.857. The van der Waals surface area contributed by atoms with Crippen molar-refractivity contribution in [3.63, 3.8) is 0 Å². The third kappa shape index (κ3) is 5.46. The Morgan fingerprint density at radius 1 is 1.15 bits per heavy atom. The Morgan fingerprint density at radius 2 is 1.55 bits per heavy atom. The Bertz CT molecular complexity index is 423. The summed E-state index contributed by atoms with van der Waals surface area (Å²) >= 11 is 1.68. The van der Waals surface area contributed by atoms with Crippen LogP contribution in [0.15, 0.2) is 0 Å². The Kier molecular flexibility index (Phi) is 4.37. The van der Waals surface area contributed by atoms with Gasteiger partial charge in [-0.25, -0.2) is 14.5 Å². The zero-order valence-corrected chi connectivity index (χ0v) is 15.0. The molecule has 2 amide bonds. The van der Waals surface area contributed by atoms with E-state index in [1.807, 2.05) is 0 Å². The van der Waals surface area contributed by atoms with Gasteiger partial charge in [-0.15, -0.1) is 0 Å². The van der Waals surface area contributed by atoms with Gasteiger partial charge in [0.2, 0.25) is 0 Å². The topological polar surface area (TPSA) is 55.8 Å². The summed E-state index contributed by atoms with van der Waals surface area (Å²) in [6.45, 7) is 10.3. The van der Waals surface area contributed by atoms with E-state index in [-0.39, 0.29) is 0 Å². The van der Waals surface area contributed by atoms with Crippen molar-refractivity contribution in [1.82, 2.24) is 4.90 Å². The van der Waals surface area contributed by atoms with Crippen molar-refractivity contribution in [1.29, 1.82) is 0 Å². The Morgan fingerprint density at radius 3 is 1.80 bits per heavy atom. The molecule has 0 saturated heterocycles. The summed E-state index contributed by atoms with van der Waals surface area (Å²) in [7, 11) is 0. The van der Waals surface area contributed by atoms with Gasteiger partial charge in [0.05, 0.1) is 6.04 Å². The molecule has 1 rings (SSSR count). The van der Waals surface area contributed by atoms with Crippen LogP contribution in [0.3, 0.4) is 0 Å². The van der Waals surface area contributed by atoms with Gasteiger partial charge < -0.3 is 9.47 Å². The number of carbonyl (C=O) groups is 2. The number of alkyl halides is 1. The first-order chi connectivity index (χ1) is 9.62. The molecule has 0 radical (unpaired) electrons. The van der Waals surface area contributed by atoms with Crippen LogP contribution in [0.4, 0.5) is 9.59 Å². The minimum absolute atomic E-state index is 0.409. The Balaban J connectivity index is 2.93. The summed E-state index contributed by atoms with van der Waals surface area (Å²) in [6.07, 6.45) is -1.18. The molecule has 20 heavy (non-hydrogen) atoms. The van der Waals surface area contributed by atoms with Gasteiger partial charge in [-0.1, -0.05) is 22.6 Å². The largest absolute Gasteiger partial charge is 0.443 e. The molecule has 1 aliphatic rings. The fourth-order valence-corrected chi connectivity index (χ4v) is 2.22. The van der Waals surface area contributed by atoms with Crippen LogP contribution in [-0.4, -0.2) is 38.7 Å². The first kappa shape index (κ1) is 14.4. The predicted octanol–water partition coefficient (Wildman–Crippen LogP) is 3.98. The maximum atomic E-state index is 12.3. The molecule has 0 unspecified atom stereocenters. The van der Waals surface area contributed by atoms with Crippen LogP contribution >= 0.6 is 22.6 Å². The van der Waals surface area contributed by atoms with E-state index in [1.165, 1.54) is 0 Å². The summed E-state index contributed by atoms with van der Waals surface area (Å²) in [5.41, 5.74) is -1.49. The smallest absolute Gasteiger partial charge is 0.420 e. The third-order valence-corrected chi connectivity index (χ3v) is 3.21. The van der Waals surface area contributed by atoms with Gasteiger partial charge in [-0.2, -0.15) is 0 Å². The number of halogens is 1. The third-order valence-electron chi connectivity index (χ3n) is 2.41. The normalized spacial score (nSPS) is 24.4. The molecule has 0 bridgehead atoms. The van der Waals surface area contributed by atoms with E-state index in [1.54, 1.807) is 64.1 Å². The molecule has 0 N–H and O–H groups in total. The quantitative estimate of drug-likeness (QED) is 0.521. The molecule has 0 aromatic carbocycles. The number of carbonyl (C=O) groups excluding carboxylic acids is 2. The van der Waals surface area contributed by atoms with E-state index >= 15 is 0 Å². The van der Waals surface area contributed by atoms with Crippen molar-refractivity contribution in [2.45, 2.75) is 65.2 Å². The average Bonchev–Trinajstić information content (AvgIpc) is 2.90. The van der Waals surface area contributed by atoms with Crippen molar-refractivity contribution >= 4 is 34.8 Å². The molecule has 0 heterocycles. The van der Waals surface area contributed by atoms with E-state index in [0.717, 1.165) is 4.90 Å². The minimum atomic E-state index is -1.50. The van der Waals surface area contributed by atoms with Gasteiger partial charge in [0.15, 0.2) is 0 Å². The van der Waals surface area contributed by atoms with Gasteiger partial charge in [0, 0.05) is 7.12 Å². The first-order valence-electron chi connectivity index (χ1n) is 7.56. The summed E-state index contributed by atoms with van der Waals surface area (Å²) in [4.78, 5) is 25.6. The number of imide groups is 1. The molecule has 1 saturated carbocycles. The molecule has 0 aromatic rings. The highest BCUT2D eigenvalue weighted by Gasteiger charge is 2.48. The van der Waals surface area contributed by atoms with Crippen molar-refractivity contribution in [2.75, 3.05) is 4.38 Å². The molecule has 0 aromatic heterocycles. The number of rotatable bonds is 2. The van der Waals surface area contributed by atoms with Crippen LogP contribution in [0, 0.1) is 5.92 Å². The highest BCUT2D eigenvalue weighted by molar-refractivity contribution is 14.1. The molecule has 0 aliphatic heterocycles. The molecule has 5 nitrogen and oxygen atoms in total. The van der Waals surface area contributed by atoms with Crippen molar-refractivity contribution in [3.05, 3.63) is 0 Å². The maximum absolute atomic E-state index is 12.3. The monoisotopic (exact) mass is 399 g/mol. The Hall–Kier alpha value is -0.530. The van der Waals surface area contributed by atoms with Crippen molar-refractivity contribution < 1.29 is 21.8 Å². The fourth-order valence-electron chi connectivity index (χ4n) is 1.55. The molecule has 2 atom stereocenters. The van der Waals surface area contributed by atoms with E-state index in [9.17, 15) is 9.59 Å². The second-order valence-corrected chi connectivity index (χ2v) is 7.47. The van der Waals surface area contributed by atoms with Crippen molar-refractivity contribution in [3.8, 4) is 0 Å². The zero-order valence-electron chi connectivity index (χ0n) is 14.8. The second-order valence-electron chi connectivity index (χ2n) is 6.85. The highest BCUT2D eigenvalue weighted by Crippen LogP contribution is 2.38. The highest BCUT2D eigenvalue weighted by atomic mass is 127. The van der Waals surface area contributed by atoms with E-state index < -0.39 is 39.7 Å². The first-order valence-corrected chi connectivity index (χ1v) is 7.64. The van der Waals surface area contributed by atoms with E-state index in [4.69, 9.17) is 12.2 Å². The second kappa shape index (κ2) is 6.07. The standard InChI is InChI=1S/C14H24INO4/c1-13(2,3)19-11(17)16(10-7-9(10)8-15)12(18)20-14(4,5)6/h9-10H,7-8H2,1-6H3/t9-,10+/m0/s1/i8D2. The number of amides is 2. The molecule has 116 valence electrons. The predicted molar refractivity (Wildman–Crippen MR) is 85.1 cm³/mol. The summed E-state index contributed by atoms with van der Waals surface area (Å²) in [5, 5.41) is 0. The number of nitrogens with zero attached hydrogens (tertiary/aromatic N) is 1. The number of hydrogen-bond donors (Lipinski definition) is 0. The van der Waals surface area contributed by atoms with E-state index in [0.29, 0.717) is 6.42 Å². The molecule has 6 heteroatoms. The lowest BCUT2D eigenvalue weighted by Gasteiger charge is -2.28. The van der Waals surface area contributed by atoms with E-state index in [2.05, 4.69) is 0 Å². The molecular formula is C14H24INO4. The SMILES string of the molecule is [2H]C([2H])(I)[C@@H]1C[C@H]1N(C(=O)OC(C)(C)C)C(=O)OC(C)(C)C. The van der Waals surface area contributed by atoms with Gasteiger partial charge in [0.25, 0.3) is 0 Å². The van der Waals surface area contributed by atoms with Gasteiger partial charge in [0.1, 0.15) is 11.2 Å². The Labute approximate surface area is 137 Å². The van der Waals surface area contributed by atoms with Gasteiger partial charge >= 0.3 is 12.2 Å². The van der Waals surface area contributed by atoms with Crippen LogP contribution in [0.5, 0.6) is 0 Å². The molecule has 1 fully saturated rings. The maximum Gasteiger partial charge on any atom is 0.420 e. The molecule has 1 aliphatic carbocycles. The molecule has 0 spiro atoms. The van der Waals surface area contributed by atoms with Crippen LogP contribution in [-0.2, 0) is 9.47 Å². The number of ether oxygens (including phenoxy) is 2. The summed E-state index contributed by atoms with van der Waals surface area (Å²) in [6, 6.07) is -0.531.